The molecule has 0 saturated heterocycles. The van der Waals surface area contributed by atoms with Gasteiger partial charge in [-0.25, -0.2) is 15.0 Å². The van der Waals surface area contributed by atoms with Gasteiger partial charge in [0.1, 0.15) is 11.5 Å². The van der Waals surface area contributed by atoms with E-state index in [2.05, 4.69) is 39.9 Å². The number of pyridine rings is 1. The smallest absolute Gasteiger partial charge is 0.158 e. The Hall–Kier alpha value is -3.73. The van der Waals surface area contributed by atoms with Crippen molar-refractivity contribution >= 4 is 11.0 Å². The molecule has 0 aliphatic rings. The van der Waals surface area contributed by atoms with Crippen molar-refractivity contribution in [2.24, 2.45) is 7.05 Å². The summed E-state index contributed by atoms with van der Waals surface area (Å²) in [5.41, 5.74) is 5.99. The molecule has 0 spiro atoms. The van der Waals surface area contributed by atoms with Crippen LogP contribution in [0, 0.1) is 6.92 Å². The summed E-state index contributed by atoms with van der Waals surface area (Å²) in [6.07, 6.45) is 3.72. The first-order valence-corrected chi connectivity index (χ1v) is 9.20. The molecule has 0 N–H and O–H groups in total. The predicted molar refractivity (Wildman–Crippen MR) is 111 cm³/mol. The minimum Gasteiger partial charge on any atom is -0.333 e. The third-order valence-electron chi connectivity index (χ3n) is 4.93. The first-order valence-electron chi connectivity index (χ1n) is 9.20. The number of hydrogen-bond acceptors (Lipinski definition) is 3. The van der Waals surface area contributed by atoms with Gasteiger partial charge in [-0.2, -0.15) is 0 Å². The number of hydrogen-bond donors (Lipinski definition) is 0. The Kier molecular flexibility index (Phi) is 3.79. The van der Waals surface area contributed by atoms with Gasteiger partial charge in [0.25, 0.3) is 0 Å². The number of imidazole rings is 2. The van der Waals surface area contributed by atoms with Gasteiger partial charge in [-0.05, 0) is 43.3 Å². The van der Waals surface area contributed by atoms with E-state index in [0.29, 0.717) is 0 Å². The summed E-state index contributed by atoms with van der Waals surface area (Å²) >= 11 is 0. The van der Waals surface area contributed by atoms with E-state index in [1.54, 1.807) is 6.20 Å². The zero-order valence-electron chi connectivity index (χ0n) is 15.7. The average molecular weight is 365 g/mol. The van der Waals surface area contributed by atoms with Crippen LogP contribution >= 0.6 is 0 Å². The van der Waals surface area contributed by atoms with Crippen LogP contribution in [0.25, 0.3) is 39.5 Å². The summed E-state index contributed by atoms with van der Waals surface area (Å²) in [6, 6.07) is 22.7. The second kappa shape index (κ2) is 6.46. The molecule has 0 aliphatic carbocycles. The van der Waals surface area contributed by atoms with Crippen LogP contribution in [-0.2, 0) is 7.05 Å². The van der Waals surface area contributed by atoms with Crippen molar-refractivity contribution in [3.05, 3.63) is 84.9 Å². The molecule has 5 aromatic rings. The Labute approximate surface area is 163 Å². The molecule has 0 unspecified atom stereocenters. The van der Waals surface area contributed by atoms with Crippen LogP contribution in [0.4, 0.5) is 0 Å². The van der Waals surface area contributed by atoms with Crippen molar-refractivity contribution in [1.29, 1.82) is 0 Å². The Morgan fingerprint density at radius 2 is 1.64 bits per heavy atom. The first-order chi connectivity index (χ1) is 13.7. The molecule has 136 valence electrons. The molecule has 5 nitrogen and oxygen atoms in total. The molecule has 0 radical (unpaired) electrons. The van der Waals surface area contributed by atoms with Gasteiger partial charge >= 0.3 is 0 Å². The van der Waals surface area contributed by atoms with Crippen LogP contribution in [0.3, 0.4) is 0 Å². The summed E-state index contributed by atoms with van der Waals surface area (Å²) in [4.78, 5) is 14.0. The Morgan fingerprint density at radius 1 is 0.821 bits per heavy atom. The Balaban J connectivity index is 1.66. The lowest BCUT2D eigenvalue weighted by molar-refractivity contribution is 0.918. The molecule has 5 rings (SSSR count). The van der Waals surface area contributed by atoms with Crippen molar-refractivity contribution < 1.29 is 0 Å². The summed E-state index contributed by atoms with van der Waals surface area (Å²) < 4.78 is 4.16. The van der Waals surface area contributed by atoms with E-state index in [0.717, 1.165) is 45.3 Å². The van der Waals surface area contributed by atoms with Gasteiger partial charge in [-0.3, -0.25) is 4.57 Å². The van der Waals surface area contributed by atoms with E-state index < -0.39 is 0 Å². The summed E-state index contributed by atoms with van der Waals surface area (Å²) in [6.45, 7) is 2.03. The van der Waals surface area contributed by atoms with Gasteiger partial charge < -0.3 is 4.57 Å². The standard InChI is InChI=1S/C23H19N5/c1-16-25-20-12-11-17(15-22(20)28(16)18-7-4-3-5-8-18)19-9-6-10-21(26-19)23-24-13-14-27(23)2/h3-15H,1-2H3. The average Bonchev–Trinajstić information content (AvgIpc) is 3.30. The van der Waals surface area contributed by atoms with Crippen LogP contribution in [-0.4, -0.2) is 24.1 Å². The first kappa shape index (κ1) is 16.4. The molecule has 0 bridgehead atoms. The van der Waals surface area contributed by atoms with Gasteiger partial charge in [0.2, 0.25) is 0 Å². The monoisotopic (exact) mass is 365 g/mol. The largest absolute Gasteiger partial charge is 0.333 e. The number of aryl methyl sites for hydroxylation is 2. The predicted octanol–water partition coefficient (Wildman–Crippen LogP) is 4.80. The fraction of sp³-hybridized carbons (Fsp3) is 0.0870. The molecule has 3 heterocycles. The lowest BCUT2D eigenvalue weighted by Gasteiger charge is -2.08. The number of rotatable bonds is 3. The van der Waals surface area contributed by atoms with Crippen LogP contribution in [0.5, 0.6) is 0 Å². The highest BCUT2D eigenvalue weighted by Crippen LogP contribution is 2.27. The Morgan fingerprint density at radius 3 is 2.43 bits per heavy atom. The van der Waals surface area contributed by atoms with Gasteiger partial charge in [0.05, 0.1) is 16.7 Å². The topological polar surface area (TPSA) is 48.5 Å². The maximum absolute atomic E-state index is 4.85. The molecule has 5 heteroatoms. The van der Waals surface area contributed by atoms with E-state index in [1.165, 1.54) is 0 Å². The third kappa shape index (κ3) is 2.68. The second-order valence-electron chi connectivity index (χ2n) is 6.80. The van der Waals surface area contributed by atoms with Crippen molar-refractivity contribution in [2.45, 2.75) is 6.92 Å². The minimum atomic E-state index is 0.855. The number of fused-ring (bicyclic) bond motifs is 1. The summed E-state index contributed by atoms with van der Waals surface area (Å²) in [5.74, 6) is 1.82. The molecule has 28 heavy (non-hydrogen) atoms. The highest BCUT2D eigenvalue weighted by Gasteiger charge is 2.12. The highest BCUT2D eigenvalue weighted by molar-refractivity contribution is 5.83. The lowest BCUT2D eigenvalue weighted by Crippen LogP contribution is -1.97. The van der Waals surface area contributed by atoms with Gasteiger partial charge in [0, 0.05) is 30.7 Å². The van der Waals surface area contributed by atoms with E-state index in [4.69, 9.17) is 9.97 Å². The van der Waals surface area contributed by atoms with Crippen LogP contribution in [0.1, 0.15) is 5.82 Å². The zero-order chi connectivity index (χ0) is 19.1. The van der Waals surface area contributed by atoms with E-state index in [9.17, 15) is 0 Å². The molecular formula is C23H19N5. The molecule has 3 aromatic heterocycles. The van der Waals surface area contributed by atoms with Gasteiger partial charge in [0.15, 0.2) is 5.82 Å². The molecule has 0 saturated carbocycles. The highest BCUT2D eigenvalue weighted by atomic mass is 15.1. The van der Waals surface area contributed by atoms with Crippen LogP contribution in [0.15, 0.2) is 79.1 Å². The SMILES string of the molecule is Cc1nc2ccc(-c3cccc(-c4nccn4C)n3)cc2n1-c1ccccc1. The van der Waals surface area contributed by atoms with Crippen molar-refractivity contribution in [3.63, 3.8) is 0 Å². The Bertz CT molecular complexity index is 1280. The molecule has 2 aromatic carbocycles. The quantitative estimate of drug-likeness (QED) is 0.462. The van der Waals surface area contributed by atoms with Crippen LogP contribution in [0.2, 0.25) is 0 Å². The van der Waals surface area contributed by atoms with E-state index in [1.807, 2.05) is 61.1 Å². The number of benzene rings is 2. The fourth-order valence-electron chi connectivity index (χ4n) is 3.59. The normalized spacial score (nSPS) is 11.2. The van der Waals surface area contributed by atoms with E-state index >= 15 is 0 Å². The van der Waals surface area contributed by atoms with Crippen molar-refractivity contribution in [2.75, 3.05) is 0 Å². The molecule has 0 fully saturated rings. The number of para-hydroxylation sites is 1. The zero-order valence-corrected chi connectivity index (χ0v) is 15.7. The lowest BCUT2D eigenvalue weighted by atomic mass is 10.1. The second-order valence-corrected chi connectivity index (χ2v) is 6.80. The molecular weight excluding hydrogens is 346 g/mol. The third-order valence-corrected chi connectivity index (χ3v) is 4.93. The van der Waals surface area contributed by atoms with Crippen LogP contribution < -0.4 is 0 Å². The number of aromatic nitrogens is 5. The van der Waals surface area contributed by atoms with Crippen molar-refractivity contribution in [1.82, 2.24) is 24.1 Å². The number of nitrogens with zero attached hydrogens (tertiary/aromatic N) is 5. The van der Waals surface area contributed by atoms with E-state index in [-0.39, 0.29) is 0 Å². The summed E-state index contributed by atoms with van der Waals surface area (Å²) in [5, 5.41) is 0. The summed E-state index contributed by atoms with van der Waals surface area (Å²) in [7, 11) is 1.98. The van der Waals surface area contributed by atoms with Gasteiger partial charge in [-0.1, -0.05) is 30.3 Å². The van der Waals surface area contributed by atoms with Gasteiger partial charge in [-0.15, -0.1) is 0 Å². The minimum absolute atomic E-state index is 0.855. The maximum atomic E-state index is 4.85. The van der Waals surface area contributed by atoms with Crippen molar-refractivity contribution in [3.8, 4) is 28.5 Å². The molecule has 0 amide bonds. The molecule has 0 atom stereocenters. The fourth-order valence-corrected chi connectivity index (χ4v) is 3.59. The maximum Gasteiger partial charge on any atom is 0.158 e. The molecule has 0 aliphatic heterocycles.